The number of nitrogens with zero attached hydrogens (tertiary/aromatic N) is 5. The first kappa shape index (κ1) is 23.1. The van der Waals surface area contributed by atoms with E-state index < -0.39 is 0 Å². The Kier molecular flexibility index (Phi) is 9.66. The number of rotatable bonds is 7. The molecule has 1 aromatic rings. The van der Waals surface area contributed by atoms with E-state index in [2.05, 4.69) is 32.3 Å². The third-order valence-corrected chi connectivity index (χ3v) is 5.40. The molecule has 0 saturated carbocycles. The van der Waals surface area contributed by atoms with Crippen LogP contribution >= 0.6 is 24.0 Å². The lowest BCUT2D eigenvalue weighted by atomic mass is 10.1. The van der Waals surface area contributed by atoms with E-state index >= 15 is 0 Å². The van der Waals surface area contributed by atoms with Crippen molar-refractivity contribution in [1.82, 2.24) is 30.3 Å². The summed E-state index contributed by atoms with van der Waals surface area (Å²) in [7, 11) is 1.97. The molecule has 0 bridgehead atoms. The molecule has 2 aliphatic rings. The van der Waals surface area contributed by atoms with Crippen molar-refractivity contribution in [2.45, 2.75) is 51.3 Å². The van der Waals surface area contributed by atoms with Gasteiger partial charge in [-0.2, -0.15) is 0 Å². The zero-order chi connectivity index (χ0) is 19.1. The summed E-state index contributed by atoms with van der Waals surface area (Å²) >= 11 is 0. The van der Waals surface area contributed by atoms with Gasteiger partial charge in [-0.1, -0.05) is 6.08 Å². The molecule has 2 saturated heterocycles. The van der Waals surface area contributed by atoms with Gasteiger partial charge in [-0.3, -0.25) is 4.90 Å². The summed E-state index contributed by atoms with van der Waals surface area (Å²) < 4.78 is 7.71. The number of guanidine groups is 1. The van der Waals surface area contributed by atoms with Crippen LogP contribution < -0.4 is 10.6 Å². The minimum atomic E-state index is 0. The highest BCUT2D eigenvalue weighted by atomic mass is 127. The largest absolute Gasteiger partial charge is 0.376 e. The summed E-state index contributed by atoms with van der Waals surface area (Å²) in [6.45, 7) is 11.1. The first-order valence-electron chi connectivity index (χ1n) is 10.00. The highest BCUT2D eigenvalue weighted by Crippen LogP contribution is 2.12. The molecule has 1 unspecified atom stereocenters. The van der Waals surface area contributed by atoms with Crippen molar-refractivity contribution in [2.24, 2.45) is 12.0 Å². The first-order chi connectivity index (χ1) is 13.2. The van der Waals surface area contributed by atoms with Gasteiger partial charge in [-0.05, 0) is 32.6 Å². The molecule has 8 nitrogen and oxygen atoms in total. The molecular weight excluding hydrogens is 469 g/mol. The van der Waals surface area contributed by atoms with Crippen molar-refractivity contribution in [1.29, 1.82) is 0 Å². The number of aliphatic imine (C=N–C) groups is 1. The standard InChI is InChI=1S/C19H33N7O.HI/c1-4-9-26-10-7-16(8-11-26)22-19(20-13-17-6-5-12-27-17)21-14-18-24-23-15(2)25(18)3;/h4,16-17H,1,5-14H2,2-3H3,(H2,20,21,22);1H. The van der Waals surface area contributed by atoms with Crippen LogP contribution in [0.5, 0.6) is 0 Å². The van der Waals surface area contributed by atoms with Crippen LogP contribution in [0.25, 0.3) is 0 Å². The number of piperidine rings is 1. The van der Waals surface area contributed by atoms with E-state index in [0.29, 0.717) is 12.6 Å². The van der Waals surface area contributed by atoms with Crippen LogP contribution in [0.15, 0.2) is 17.6 Å². The van der Waals surface area contributed by atoms with Gasteiger partial charge < -0.3 is 19.9 Å². The topological polar surface area (TPSA) is 79.6 Å². The van der Waals surface area contributed by atoms with Crippen molar-refractivity contribution in [3.63, 3.8) is 0 Å². The number of aryl methyl sites for hydroxylation is 1. The molecule has 0 radical (unpaired) electrons. The zero-order valence-electron chi connectivity index (χ0n) is 17.1. The Labute approximate surface area is 185 Å². The molecule has 2 N–H and O–H groups in total. The van der Waals surface area contributed by atoms with E-state index in [4.69, 9.17) is 9.73 Å². The van der Waals surface area contributed by atoms with Crippen molar-refractivity contribution in [2.75, 3.05) is 32.8 Å². The van der Waals surface area contributed by atoms with Crippen molar-refractivity contribution in [3.05, 3.63) is 24.3 Å². The van der Waals surface area contributed by atoms with E-state index in [0.717, 1.165) is 76.1 Å². The van der Waals surface area contributed by atoms with Gasteiger partial charge in [-0.15, -0.1) is 40.8 Å². The fourth-order valence-corrected chi connectivity index (χ4v) is 3.54. The summed E-state index contributed by atoms with van der Waals surface area (Å²) in [6, 6.07) is 0.433. The summed E-state index contributed by atoms with van der Waals surface area (Å²) in [5.41, 5.74) is 0. The average Bonchev–Trinajstić information content (AvgIpc) is 3.30. The van der Waals surface area contributed by atoms with Crippen LogP contribution in [0.3, 0.4) is 0 Å². The highest BCUT2D eigenvalue weighted by molar-refractivity contribution is 14.0. The lowest BCUT2D eigenvalue weighted by molar-refractivity contribution is 0.113. The van der Waals surface area contributed by atoms with Gasteiger partial charge in [0.25, 0.3) is 0 Å². The summed E-state index contributed by atoms with van der Waals surface area (Å²) in [4.78, 5) is 7.20. The SMILES string of the molecule is C=CCN1CCC(NC(=NCc2nnc(C)n2C)NCC2CCCO2)CC1.I. The molecule has 2 aliphatic heterocycles. The van der Waals surface area contributed by atoms with Crippen molar-refractivity contribution >= 4 is 29.9 Å². The summed E-state index contributed by atoms with van der Waals surface area (Å²) in [5.74, 6) is 2.61. The Bertz CT molecular complexity index is 634. The number of hydrogen-bond donors (Lipinski definition) is 2. The maximum atomic E-state index is 5.73. The average molecular weight is 503 g/mol. The first-order valence-corrected chi connectivity index (χ1v) is 10.00. The molecule has 9 heteroatoms. The number of aromatic nitrogens is 3. The molecule has 0 aromatic carbocycles. The molecule has 3 rings (SSSR count). The van der Waals surface area contributed by atoms with Gasteiger partial charge in [0.1, 0.15) is 12.4 Å². The fraction of sp³-hybridized carbons (Fsp3) is 0.737. The van der Waals surface area contributed by atoms with Crippen LogP contribution in [-0.4, -0.2) is 70.6 Å². The lowest BCUT2D eigenvalue weighted by Crippen LogP contribution is -2.49. The van der Waals surface area contributed by atoms with Crippen molar-refractivity contribution in [3.8, 4) is 0 Å². The van der Waals surface area contributed by atoms with Crippen LogP contribution in [0.4, 0.5) is 0 Å². The van der Waals surface area contributed by atoms with Crippen LogP contribution in [-0.2, 0) is 18.3 Å². The van der Waals surface area contributed by atoms with E-state index in [1.165, 1.54) is 0 Å². The van der Waals surface area contributed by atoms with Crippen molar-refractivity contribution < 1.29 is 4.74 Å². The molecule has 2 fully saturated rings. The third-order valence-electron chi connectivity index (χ3n) is 5.40. The Morgan fingerprint density at radius 3 is 2.71 bits per heavy atom. The van der Waals surface area contributed by atoms with Crippen LogP contribution in [0.2, 0.25) is 0 Å². The second kappa shape index (κ2) is 11.7. The number of ether oxygens (including phenoxy) is 1. The second-order valence-corrected chi connectivity index (χ2v) is 7.41. The predicted octanol–water partition coefficient (Wildman–Crippen LogP) is 1.61. The number of halogens is 1. The van der Waals surface area contributed by atoms with E-state index in [1.807, 2.05) is 24.6 Å². The van der Waals surface area contributed by atoms with Crippen LogP contribution in [0, 0.1) is 6.92 Å². The Morgan fingerprint density at radius 2 is 2.11 bits per heavy atom. The summed E-state index contributed by atoms with van der Waals surface area (Å²) in [6.07, 6.45) is 6.74. The predicted molar refractivity (Wildman–Crippen MR) is 122 cm³/mol. The number of nitrogens with one attached hydrogen (secondary N) is 2. The maximum absolute atomic E-state index is 5.73. The summed E-state index contributed by atoms with van der Waals surface area (Å²) in [5, 5.41) is 15.4. The van der Waals surface area contributed by atoms with Gasteiger partial charge in [0.05, 0.1) is 6.10 Å². The van der Waals surface area contributed by atoms with Crippen LogP contribution in [0.1, 0.15) is 37.3 Å². The number of hydrogen-bond acceptors (Lipinski definition) is 5. The molecule has 0 aliphatic carbocycles. The third kappa shape index (κ3) is 6.70. The lowest BCUT2D eigenvalue weighted by Gasteiger charge is -2.32. The van der Waals surface area contributed by atoms with Gasteiger partial charge in [0.15, 0.2) is 11.8 Å². The molecular formula is C19H34IN7O. The Morgan fingerprint density at radius 1 is 1.32 bits per heavy atom. The molecule has 28 heavy (non-hydrogen) atoms. The monoisotopic (exact) mass is 503 g/mol. The second-order valence-electron chi connectivity index (χ2n) is 7.41. The molecule has 1 aromatic heterocycles. The van der Waals surface area contributed by atoms with Gasteiger partial charge >= 0.3 is 0 Å². The smallest absolute Gasteiger partial charge is 0.192 e. The van der Waals surface area contributed by atoms with E-state index in [9.17, 15) is 0 Å². The minimum Gasteiger partial charge on any atom is -0.376 e. The fourth-order valence-electron chi connectivity index (χ4n) is 3.54. The van der Waals surface area contributed by atoms with Gasteiger partial charge in [-0.25, -0.2) is 4.99 Å². The zero-order valence-corrected chi connectivity index (χ0v) is 19.4. The van der Waals surface area contributed by atoms with Gasteiger partial charge in [0.2, 0.25) is 0 Å². The maximum Gasteiger partial charge on any atom is 0.192 e. The quantitative estimate of drug-likeness (QED) is 0.255. The normalized spacial score (nSPS) is 21.4. The van der Waals surface area contributed by atoms with Gasteiger partial charge in [0, 0.05) is 45.9 Å². The molecule has 0 amide bonds. The Balaban J connectivity index is 0.00000280. The molecule has 3 heterocycles. The minimum absolute atomic E-state index is 0. The Hall–Kier alpha value is -1.20. The highest BCUT2D eigenvalue weighted by Gasteiger charge is 2.21. The number of likely N-dealkylation sites (tertiary alicyclic amines) is 1. The molecule has 1 atom stereocenters. The van der Waals surface area contributed by atoms with E-state index in [1.54, 1.807) is 0 Å². The molecule has 0 spiro atoms. The van der Waals surface area contributed by atoms with E-state index in [-0.39, 0.29) is 30.1 Å². The molecule has 158 valence electrons.